The van der Waals surface area contributed by atoms with Crippen LogP contribution in [-0.4, -0.2) is 0 Å². The Morgan fingerprint density at radius 1 is 0.343 bits per heavy atom. The lowest BCUT2D eigenvalue weighted by Gasteiger charge is -2.36. The molecule has 12 aromatic rings. The van der Waals surface area contributed by atoms with Crippen molar-refractivity contribution in [3.63, 3.8) is 0 Å². The Kier molecular flexibility index (Phi) is 8.77. The summed E-state index contributed by atoms with van der Waals surface area (Å²) < 4.78 is 47.6. The molecule has 0 saturated heterocycles. The highest BCUT2D eigenvalue weighted by molar-refractivity contribution is 6.26. The predicted molar refractivity (Wildman–Crippen MR) is 268 cm³/mol. The summed E-state index contributed by atoms with van der Waals surface area (Å²) in [6, 6.07) is 75.4. The number of halogens is 2. The first-order valence-corrected chi connectivity index (χ1v) is 22.4. The zero-order valence-electron chi connectivity index (χ0n) is 35.9. The molecule has 67 heavy (non-hydrogen) atoms. The predicted octanol–water partition coefficient (Wildman–Crippen LogP) is 17.1. The molecular weight excluding hydrogens is 831 g/mol. The minimum Gasteiger partial charge on any atom is -0.455 e. The number of rotatable bonds is 8. The number of fused-ring (bicyclic) bond motifs is 11. The van der Waals surface area contributed by atoms with Gasteiger partial charge in [-0.25, -0.2) is 8.78 Å². The number of para-hydroxylation sites is 6. The van der Waals surface area contributed by atoms with Crippen LogP contribution in [0.3, 0.4) is 0 Å². The summed E-state index contributed by atoms with van der Waals surface area (Å²) >= 11 is 0. The van der Waals surface area contributed by atoms with Crippen molar-refractivity contribution >= 4 is 78.0 Å². The van der Waals surface area contributed by atoms with Crippen LogP contribution in [0.4, 0.5) is 42.9 Å². The third-order valence-electron chi connectivity index (χ3n) is 13.4. The summed E-state index contributed by atoms with van der Waals surface area (Å²) in [5.74, 6) is -0.738. The highest BCUT2D eigenvalue weighted by atomic mass is 19.1. The van der Waals surface area contributed by atoms with E-state index in [0.29, 0.717) is 39.4 Å². The third kappa shape index (κ3) is 5.69. The van der Waals surface area contributed by atoms with E-state index in [9.17, 15) is 0 Å². The Morgan fingerprint density at radius 2 is 0.746 bits per heavy atom. The zero-order valence-corrected chi connectivity index (χ0v) is 35.9. The Balaban J connectivity index is 1.28. The fraction of sp³-hybridized carbons (Fsp3) is 0.0164. The van der Waals surface area contributed by atoms with Gasteiger partial charge in [0.25, 0.3) is 0 Å². The van der Waals surface area contributed by atoms with Crippen molar-refractivity contribution in [2.45, 2.75) is 5.41 Å². The van der Waals surface area contributed by atoms with Crippen molar-refractivity contribution in [1.29, 1.82) is 0 Å². The molecule has 318 valence electrons. The second-order valence-electron chi connectivity index (χ2n) is 17.0. The zero-order chi connectivity index (χ0) is 44.6. The van der Waals surface area contributed by atoms with E-state index in [1.807, 2.05) is 143 Å². The normalized spacial score (nSPS) is 12.7. The molecule has 6 heteroatoms. The third-order valence-corrected chi connectivity index (χ3v) is 13.4. The van der Waals surface area contributed by atoms with Crippen molar-refractivity contribution in [3.8, 4) is 11.1 Å². The van der Waals surface area contributed by atoms with Crippen LogP contribution in [0.2, 0.25) is 0 Å². The van der Waals surface area contributed by atoms with Crippen LogP contribution in [0.15, 0.2) is 239 Å². The van der Waals surface area contributed by atoms with Crippen LogP contribution >= 0.6 is 0 Å². The first-order chi connectivity index (χ1) is 33.1. The maximum atomic E-state index is 16.6. The summed E-state index contributed by atoms with van der Waals surface area (Å²) in [4.78, 5) is 3.99. The van der Waals surface area contributed by atoms with Gasteiger partial charge >= 0.3 is 0 Å². The molecule has 0 aliphatic heterocycles. The molecule has 10 aromatic carbocycles. The van der Waals surface area contributed by atoms with E-state index in [1.165, 1.54) is 12.1 Å². The maximum Gasteiger partial charge on any atom is 0.160 e. The smallest absolute Gasteiger partial charge is 0.160 e. The molecule has 0 saturated carbocycles. The number of furan rings is 2. The Labute approximate surface area is 384 Å². The minimum atomic E-state index is -1.02. The highest BCUT2D eigenvalue weighted by Gasteiger charge is 2.50. The molecule has 2 heterocycles. The Morgan fingerprint density at radius 3 is 1.28 bits per heavy atom. The van der Waals surface area contributed by atoms with E-state index in [-0.39, 0.29) is 11.6 Å². The topological polar surface area (TPSA) is 32.8 Å². The summed E-state index contributed by atoms with van der Waals surface area (Å²) in [6.07, 6.45) is 0. The van der Waals surface area contributed by atoms with Crippen molar-refractivity contribution in [1.82, 2.24) is 0 Å². The lowest BCUT2D eigenvalue weighted by molar-refractivity contribution is 0.628. The van der Waals surface area contributed by atoms with E-state index >= 15 is 8.78 Å². The summed E-state index contributed by atoms with van der Waals surface area (Å²) in [5, 5.41) is 3.52. The van der Waals surface area contributed by atoms with Crippen molar-refractivity contribution in [2.75, 3.05) is 9.80 Å². The maximum absolute atomic E-state index is 16.6. The van der Waals surface area contributed by atoms with Crippen molar-refractivity contribution in [3.05, 3.63) is 264 Å². The molecule has 0 fully saturated rings. The molecule has 0 N–H and O–H groups in total. The number of anilines is 6. The van der Waals surface area contributed by atoms with E-state index < -0.39 is 5.41 Å². The average molecular weight is 869 g/mol. The van der Waals surface area contributed by atoms with Gasteiger partial charge in [-0.1, -0.05) is 158 Å². The van der Waals surface area contributed by atoms with Crippen molar-refractivity contribution in [2.24, 2.45) is 0 Å². The first-order valence-electron chi connectivity index (χ1n) is 22.4. The first kappa shape index (κ1) is 38.7. The molecule has 0 atom stereocenters. The van der Waals surface area contributed by atoms with Gasteiger partial charge in [-0.15, -0.1) is 0 Å². The van der Waals surface area contributed by atoms with Gasteiger partial charge in [0.05, 0.1) is 33.6 Å². The second kappa shape index (κ2) is 15.2. The van der Waals surface area contributed by atoms with E-state index in [1.54, 1.807) is 12.1 Å². The fourth-order valence-electron chi connectivity index (χ4n) is 10.8. The van der Waals surface area contributed by atoms with Gasteiger partial charge in [-0.2, -0.15) is 0 Å². The standard InChI is InChI=1S/C61H38F2N2O2/c62-47-31-15-17-33-49(47)64(41-25-9-3-10-26-41)51-37-46-58(60-55(51)43-29-13-19-35-53(43)67-60)57-45(61(46,39-21-5-1-6-22-39)40-23-7-2-8-24-40)38-52(59-56(57)44-30-14-20-36-54(44)66-59)65(42-27-11-4-12-28-42)50-34-18-16-32-48(50)63/h1-38H. The number of nitrogens with zero attached hydrogens (tertiary/aromatic N) is 2. The molecule has 0 bridgehead atoms. The van der Waals surface area contributed by atoms with Gasteiger partial charge < -0.3 is 18.6 Å². The van der Waals surface area contributed by atoms with Crippen LogP contribution < -0.4 is 9.80 Å². The molecule has 0 spiro atoms. The molecule has 13 rings (SSSR count). The highest BCUT2D eigenvalue weighted by Crippen LogP contribution is 2.64. The summed E-state index contributed by atoms with van der Waals surface area (Å²) in [5.41, 5.74) is 11.2. The molecule has 2 aromatic heterocycles. The number of benzene rings is 10. The molecule has 0 radical (unpaired) electrons. The number of hydrogen-bond donors (Lipinski definition) is 0. The van der Waals surface area contributed by atoms with Gasteiger partial charge in [0, 0.05) is 38.7 Å². The lowest BCUT2D eigenvalue weighted by Crippen LogP contribution is -2.29. The quantitative estimate of drug-likeness (QED) is 0.152. The molecule has 4 nitrogen and oxygen atoms in total. The van der Waals surface area contributed by atoms with Gasteiger partial charge in [0.2, 0.25) is 0 Å². The van der Waals surface area contributed by atoms with Crippen LogP contribution in [0, 0.1) is 11.6 Å². The molecule has 1 aliphatic rings. The number of hydrogen-bond acceptors (Lipinski definition) is 4. The van der Waals surface area contributed by atoms with Crippen molar-refractivity contribution < 1.29 is 17.6 Å². The van der Waals surface area contributed by atoms with E-state index in [4.69, 9.17) is 8.83 Å². The van der Waals surface area contributed by atoms with Gasteiger partial charge in [-0.05, 0) is 95.1 Å². The summed E-state index contributed by atoms with van der Waals surface area (Å²) in [7, 11) is 0. The summed E-state index contributed by atoms with van der Waals surface area (Å²) in [6.45, 7) is 0. The van der Waals surface area contributed by atoms with Crippen LogP contribution in [-0.2, 0) is 5.41 Å². The van der Waals surface area contributed by atoms with Crippen LogP contribution in [0.25, 0.3) is 55.0 Å². The monoisotopic (exact) mass is 868 g/mol. The van der Waals surface area contributed by atoms with E-state index in [0.717, 1.165) is 72.0 Å². The molecule has 1 aliphatic carbocycles. The van der Waals surface area contributed by atoms with Gasteiger partial charge in [0.15, 0.2) is 5.58 Å². The van der Waals surface area contributed by atoms with E-state index in [2.05, 4.69) is 72.8 Å². The largest absolute Gasteiger partial charge is 0.455 e. The lowest BCUT2D eigenvalue weighted by atomic mass is 9.67. The van der Waals surface area contributed by atoms with Gasteiger partial charge in [-0.3, -0.25) is 0 Å². The molecular formula is C61H38F2N2O2. The average Bonchev–Trinajstić information content (AvgIpc) is 4.06. The fourth-order valence-corrected chi connectivity index (χ4v) is 10.8. The second-order valence-corrected chi connectivity index (χ2v) is 17.0. The minimum absolute atomic E-state index is 0.362. The Bertz CT molecular complexity index is 3810. The SMILES string of the molecule is Fc1ccccc1N(c1ccccc1)c1cc2c(c3c1oc1ccccc13)-c1c(cc(N(c3ccccc3)c3ccccc3F)c3c1oc1ccccc13)C2(c1ccccc1)c1ccccc1. The van der Waals surface area contributed by atoms with Crippen LogP contribution in [0.5, 0.6) is 0 Å². The van der Waals surface area contributed by atoms with Gasteiger partial charge in [0.1, 0.15) is 28.4 Å². The van der Waals surface area contributed by atoms with Crippen LogP contribution in [0.1, 0.15) is 22.3 Å². The molecule has 0 amide bonds. The molecule has 0 unspecified atom stereocenters. The Hall–Kier alpha value is -8.74.